The van der Waals surface area contributed by atoms with Crippen LogP contribution in [0.1, 0.15) is 44.0 Å². The zero-order valence-corrected chi connectivity index (χ0v) is 13.4. The minimum atomic E-state index is 0.214. The summed E-state index contributed by atoms with van der Waals surface area (Å²) in [5, 5.41) is 0. The second-order valence-electron chi connectivity index (χ2n) is 6.42. The lowest BCUT2D eigenvalue weighted by atomic mass is 9.70. The predicted octanol–water partition coefficient (Wildman–Crippen LogP) is 4.22. The normalized spacial score (nSPS) is 35.8. The molecule has 1 saturated carbocycles. The number of hydrogen-bond donors (Lipinski definition) is 0. The molecule has 2 aliphatic carbocycles. The van der Waals surface area contributed by atoms with Gasteiger partial charge in [-0.1, -0.05) is 48.6 Å². The minimum Gasteiger partial charge on any atom is -0.249 e. The summed E-state index contributed by atoms with van der Waals surface area (Å²) in [5.41, 5.74) is 5.20. The Labute approximate surface area is 127 Å². The second-order valence-corrected chi connectivity index (χ2v) is 7.18. The average Bonchev–Trinajstić information content (AvgIpc) is 2.80. The molecule has 2 aromatic rings. The monoisotopic (exact) mass is 364 g/mol. The van der Waals surface area contributed by atoms with Crippen LogP contribution in [0.3, 0.4) is 0 Å². The van der Waals surface area contributed by atoms with Gasteiger partial charge in [0.1, 0.15) is 0 Å². The highest BCUT2D eigenvalue weighted by Crippen LogP contribution is 2.67. The number of alkyl halides is 1. The maximum Gasteiger partial charge on any atom is 0.0890 e. The number of para-hydroxylation sites is 2. The van der Waals surface area contributed by atoms with E-state index in [0.29, 0.717) is 11.3 Å². The summed E-state index contributed by atoms with van der Waals surface area (Å²) in [7, 11) is 0. The van der Waals surface area contributed by atoms with Gasteiger partial charge in [-0.25, -0.2) is 9.97 Å². The van der Waals surface area contributed by atoms with Crippen LogP contribution in [-0.2, 0) is 5.41 Å². The molecule has 98 valence electrons. The Morgan fingerprint density at radius 2 is 1.89 bits per heavy atom. The first-order valence-electron chi connectivity index (χ1n) is 6.93. The summed E-state index contributed by atoms with van der Waals surface area (Å²) in [4.78, 5) is 9.95. The largest absolute Gasteiger partial charge is 0.249 e. The molecule has 2 aliphatic rings. The Balaban J connectivity index is 2.05. The predicted molar refractivity (Wildman–Crippen MR) is 85.9 cm³/mol. The summed E-state index contributed by atoms with van der Waals surface area (Å²) in [6.45, 7) is 4.84. The lowest BCUT2D eigenvalue weighted by molar-refractivity contribution is 0.239. The maximum atomic E-state index is 4.99. The van der Waals surface area contributed by atoms with Gasteiger partial charge in [-0.05, 0) is 30.4 Å². The third kappa shape index (κ3) is 1.28. The Morgan fingerprint density at radius 1 is 1.21 bits per heavy atom. The molecule has 0 spiro atoms. The first-order valence-corrected chi connectivity index (χ1v) is 8.46. The van der Waals surface area contributed by atoms with E-state index in [4.69, 9.17) is 9.97 Å². The van der Waals surface area contributed by atoms with Crippen molar-refractivity contribution in [3.63, 3.8) is 0 Å². The van der Waals surface area contributed by atoms with Gasteiger partial charge in [0.05, 0.1) is 22.4 Å². The molecule has 3 atom stereocenters. The van der Waals surface area contributed by atoms with Crippen LogP contribution in [0.25, 0.3) is 11.0 Å². The van der Waals surface area contributed by atoms with Gasteiger partial charge in [0.15, 0.2) is 0 Å². The quantitative estimate of drug-likeness (QED) is 0.559. The Morgan fingerprint density at radius 3 is 2.58 bits per heavy atom. The van der Waals surface area contributed by atoms with Crippen molar-refractivity contribution >= 4 is 33.6 Å². The van der Waals surface area contributed by atoms with E-state index in [1.165, 1.54) is 28.7 Å². The number of hydrogen-bond acceptors (Lipinski definition) is 2. The van der Waals surface area contributed by atoms with Gasteiger partial charge in [-0.3, -0.25) is 0 Å². The van der Waals surface area contributed by atoms with Crippen LogP contribution in [0.2, 0.25) is 0 Å². The molecule has 0 radical (unpaired) electrons. The highest BCUT2D eigenvalue weighted by molar-refractivity contribution is 14.1. The highest BCUT2D eigenvalue weighted by Gasteiger charge is 2.63. The molecule has 4 rings (SSSR count). The molecule has 0 amide bonds. The summed E-state index contributed by atoms with van der Waals surface area (Å²) in [6.07, 6.45) is 2.53. The van der Waals surface area contributed by atoms with Crippen molar-refractivity contribution in [2.75, 3.05) is 4.43 Å². The van der Waals surface area contributed by atoms with Crippen molar-refractivity contribution < 1.29 is 0 Å². The Bertz CT molecular complexity index is 684. The van der Waals surface area contributed by atoms with Crippen molar-refractivity contribution in [1.29, 1.82) is 0 Å². The number of rotatable bonds is 1. The molecular weight excluding hydrogens is 347 g/mol. The third-order valence-electron chi connectivity index (χ3n) is 5.69. The van der Waals surface area contributed by atoms with E-state index < -0.39 is 0 Å². The number of aromatic nitrogens is 2. The number of benzene rings is 1. The second kappa shape index (κ2) is 3.68. The van der Waals surface area contributed by atoms with Crippen molar-refractivity contribution in [1.82, 2.24) is 9.97 Å². The molecule has 1 aromatic heterocycles. The highest BCUT2D eigenvalue weighted by atomic mass is 127. The Kier molecular flexibility index (Phi) is 2.34. The van der Waals surface area contributed by atoms with E-state index in [-0.39, 0.29) is 5.41 Å². The van der Waals surface area contributed by atoms with Crippen LogP contribution >= 0.6 is 22.6 Å². The van der Waals surface area contributed by atoms with Gasteiger partial charge in [0.25, 0.3) is 0 Å². The van der Waals surface area contributed by atoms with E-state index in [0.717, 1.165) is 11.0 Å². The van der Waals surface area contributed by atoms with Crippen LogP contribution in [0.15, 0.2) is 24.3 Å². The molecular formula is C16H17IN2. The fourth-order valence-corrected chi connectivity index (χ4v) is 5.53. The van der Waals surface area contributed by atoms with Crippen LogP contribution in [-0.4, -0.2) is 14.4 Å². The topological polar surface area (TPSA) is 25.8 Å². The van der Waals surface area contributed by atoms with Gasteiger partial charge in [0, 0.05) is 15.8 Å². The first-order chi connectivity index (χ1) is 9.10. The van der Waals surface area contributed by atoms with Gasteiger partial charge in [-0.15, -0.1) is 0 Å². The van der Waals surface area contributed by atoms with Gasteiger partial charge >= 0.3 is 0 Å². The fraction of sp³-hybridized carbons (Fsp3) is 0.500. The number of nitrogens with zero attached hydrogens (tertiary/aromatic N) is 2. The Hall–Kier alpha value is -0.710. The van der Waals surface area contributed by atoms with Crippen LogP contribution in [0.4, 0.5) is 0 Å². The smallest absolute Gasteiger partial charge is 0.0890 e. The van der Waals surface area contributed by atoms with Gasteiger partial charge in [0.2, 0.25) is 0 Å². The summed E-state index contributed by atoms with van der Waals surface area (Å²) >= 11 is 2.55. The van der Waals surface area contributed by atoms with E-state index in [1.54, 1.807) is 0 Å². The van der Waals surface area contributed by atoms with E-state index >= 15 is 0 Å². The van der Waals surface area contributed by atoms with Gasteiger partial charge < -0.3 is 0 Å². The molecule has 2 bridgehead atoms. The first kappa shape index (κ1) is 12.1. The minimum absolute atomic E-state index is 0.214. The average molecular weight is 364 g/mol. The SMILES string of the molecule is C[C@]1(CI)[C@H]2CC[C@]1(C)c1nc3ccccc3nc12. The van der Waals surface area contributed by atoms with Gasteiger partial charge in [-0.2, -0.15) is 0 Å². The zero-order chi connectivity index (χ0) is 13.3. The molecule has 19 heavy (non-hydrogen) atoms. The van der Waals surface area contributed by atoms with Crippen molar-refractivity contribution in [2.24, 2.45) is 5.41 Å². The zero-order valence-electron chi connectivity index (χ0n) is 11.3. The molecule has 0 unspecified atom stereocenters. The molecule has 0 N–H and O–H groups in total. The molecule has 0 saturated heterocycles. The van der Waals surface area contributed by atoms with E-state index in [2.05, 4.69) is 60.7 Å². The molecule has 1 aromatic carbocycles. The van der Waals surface area contributed by atoms with Crippen LogP contribution in [0, 0.1) is 5.41 Å². The number of fused-ring (bicyclic) bond motifs is 6. The molecule has 0 aliphatic heterocycles. The number of halogens is 1. The van der Waals surface area contributed by atoms with Crippen LogP contribution < -0.4 is 0 Å². The van der Waals surface area contributed by atoms with Crippen molar-refractivity contribution in [2.45, 2.75) is 38.0 Å². The van der Waals surface area contributed by atoms with Crippen molar-refractivity contribution in [3.8, 4) is 0 Å². The van der Waals surface area contributed by atoms with E-state index in [1.807, 2.05) is 0 Å². The lowest BCUT2D eigenvalue weighted by Crippen LogP contribution is -2.36. The maximum absolute atomic E-state index is 4.99. The molecule has 2 nitrogen and oxygen atoms in total. The molecule has 1 heterocycles. The van der Waals surface area contributed by atoms with Crippen LogP contribution in [0.5, 0.6) is 0 Å². The molecule has 3 heteroatoms. The molecule has 1 fully saturated rings. The summed E-state index contributed by atoms with van der Waals surface area (Å²) in [6, 6.07) is 8.27. The fourth-order valence-electron chi connectivity index (χ4n) is 4.15. The lowest BCUT2D eigenvalue weighted by Gasteiger charge is -2.36. The van der Waals surface area contributed by atoms with E-state index in [9.17, 15) is 0 Å². The summed E-state index contributed by atoms with van der Waals surface area (Å²) < 4.78 is 1.18. The van der Waals surface area contributed by atoms with Crippen molar-refractivity contribution in [3.05, 3.63) is 35.7 Å². The standard InChI is InChI=1S/C16H17IN2/c1-15-8-7-10(16(15,2)9-17)13-14(15)19-12-6-4-3-5-11(12)18-13/h3-6,10H,7-9H2,1-2H3/t10-,15+,16-/m0/s1. The summed E-state index contributed by atoms with van der Waals surface area (Å²) in [5.74, 6) is 0.599. The third-order valence-corrected chi connectivity index (χ3v) is 7.28.